The fourth-order valence-electron chi connectivity index (χ4n) is 2.04. The fraction of sp³-hybridized carbons (Fsp3) is 0.125. The zero-order valence-corrected chi connectivity index (χ0v) is 11.6. The summed E-state index contributed by atoms with van der Waals surface area (Å²) in [5, 5.41) is 3.57. The minimum Gasteiger partial charge on any atom is -0.444 e. The minimum atomic E-state index is -0.486. The van der Waals surface area contributed by atoms with E-state index >= 15 is 0 Å². The molecule has 2 aromatic heterocycles. The summed E-state index contributed by atoms with van der Waals surface area (Å²) >= 11 is 0. The van der Waals surface area contributed by atoms with Crippen molar-refractivity contribution in [2.75, 3.05) is 5.32 Å². The molecule has 0 radical (unpaired) electrons. The molecule has 0 unspecified atom stereocenters. The second-order valence-corrected chi connectivity index (χ2v) is 4.79. The minimum absolute atomic E-state index is 0.243. The Balaban J connectivity index is 1.62. The molecule has 0 aliphatic carbocycles. The number of aromatic nitrogens is 2. The van der Waals surface area contributed by atoms with Crippen LogP contribution in [0.5, 0.6) is 0 Å². The largest absolute Gasteiger partial charge is 0.444 e. The van der Waals surface area contributed by atoms with E-state index < -0.39 is 6.09 Å². The third-order valence-corrected chi connectivity index (χ3v) is 3.18. The molecule has 0 fully saturated rings. The number of pyridine rings is 1. The van der Waals surface area contributed by atoms with Gasteiger partial charge in [0.1, 0.15) is 12.3 Å². The van der Waals surface area contributed by atoms with Crippen molar-refractivity contribution in [1.29, 1.82) is 0 Å². The highest BCUT2D eigenvalue weighted by molar-refractivity contribution is 5.97. The molecule has 0 aliphatic rings. The van der Waals surface area contributed by atoms with E-state index in [2.05, 4.69) is 15.3 Å². The summed E-state index contributed by atoms with van der Waals surface area (Å²) in [6.07, 6.45) is 2.91. The summed E-state index contributed by atoms with van der Waals surface area (Å²) in [5.74, 6) is 0. The lowest BCUT2D eigenvalue weighted by molar-refractivity contribution is 0.155. The molecule has 3 aromatic rings. The van der Waals surface area contributed by atoms with Gasteiger partial charge in [0.2, 0.25) is 0 Å². The molecule has 1 aromatic carbocycles. The summed E-state index contributed by atoms with van der Waals surface area (Å²) in [7, 11) is 0. The van der Waals surface area contributed by atoms with E-state index in [4.69, 9.17) is 4.74 Å². The van der Waals surface area contributed by atoms with Crippen LogP contribution in [-0.2, 0) is 11.3 Å². The second-order valence-electron chi connectivity index (χ2n) is 4.79. The van der Waals surface area contributed by atoms with E-state index in [1.54, 1.807) is 12.4 Å². The van der Waals surface area contributed by atoms with E-state index in [-0.39, 0.29) is 6.61 Å². The van der Waals surface area contributed by atoms with Crippen LogP contribution in [0.25, 0.3) is 11.0 Å². The third kappa shape index (κ3) is 3.02. The highest BCUT2D eigenvalue weighted by Gasteiger charge is 2.08. The number of ether oxygens (including phenoxy) is 1. The molecule has 3 rings (SSSR count). The fourth-order valence-corrected chi connectivity index (χ4v) is 2.04. The summed E-state index contributed by atoms with van der Waals surface area (Å²) in [6, 6.07) is 11.6. The Kier molecular flexibility index (Phi) is 3.55. The van der Waals surface area contributed by atoms with Crippen LogP contribution in [0.2, 0.25) is 0 Å². The van der Waals surface area contributed by atoms with Crippen LogP contribution in [-0.4, -0.2) is 16.1 Å². The van der Waals surface area contributed by atoms with E-state index in [0.717, 1.165) is 16.6 Å². The van der Waals surface area contributed by atoms with E-state index in [9.17, 15) is 4.79 Å². The van der Waals surface area contributed by atoms with Crippen LogP contribution in [0.3, 0.4) is 0 Å². The number of carbonyl (C=O) groups is 1. The van der Waals surface area contributed by atoms with Crippen LogP contribution in [0.1, 0.15) is 11.1 Å². The van der Waals surface area contributed by atoms with Gasteiger partial charge in [-0.3, -0.25) is 5.32 Å². The van der Waals surface area contributed by atoms with Gasteiger partial charge < -0.3 is 9.72 Å². The number of nitrogens with one attached hydrogen (secondary N) is 2. The number of fused-ring (bicyclic) bond motifs is 1. The first kappa shape index (κ1) is 13.2. The molecule has 21 heavy (non-hydrogen) atoms. The van der Waals surface area contributed by atoms with Crippen LogP contribution < -0.4 is 5.32 Å². The highest BCUT2D eigenvalue weighted by Crippen LogP contribution is 2.20. The molecule has 5 nitrogen and oxygen atoms in total. The maximum absolute atomic E-state index is 11.8. The molecule has 0 saturated carbocycles. The van der Waals surface area contributed by atoms with E-state index in [0.29, 0.717) is 5.69 Å². The number of H-pyrrole nitrogens is 1. The lowest BCUT2D eigenvalue weighted by Crippen LogP contribution is -2.13. The number of nitrogens with zero attached hydrogens (tertiary/aromatic N) is 1. The van der Waals surface area contributed by atoms with Crippen LogP contribution in [0.4, 0.5) is 10.5 Å². The number of hydrogen-bond donors (Lipinski definition) is 2. The number of hydrogen-bond acceptors (Lipinski definition) is 3. The monoisotopic (exact) mass is 281 g/mol. The van der Waals surface area contributed by atoms with Crippen LogP contribution in [0.15, 0.2) is 48.8 Å². The number of amides is 1. The Bertz CT molecular complexity index is 763. The van der Waals surface area contributed by atoms with Gasteiger partial charge in [0.25, 0.3) is 0 Å². The van der Waals surface area contributed by atoms with Crippen molar-refractivity contribution in [3.8, 4) is 0 Å². The van der Waals surface area contributed by atoms with Gasteiger partial charge in [-0.2, -0.15) is 0 Å². The number of aryl methyl sites for hydroxylation is 1. The average molecular weight is 281 g/mol. The Morgan fingerprint density at radius 2 is 2.10 bits per heavy atom. The molecule has 106 valence electrons. The normalized spacial score (nSPS) is 10.5. The van der Waals surface area contributed by atoms with Crippen molar-refractivity contribution < 1.29 is 9.53 Å². The predicted octanol–water partition coefficient (Wildman–Crippen LogP) is 3.62. The lowest BCUT2D eigenvalue weighted by atomic mass is 10.2. The smallest absolute Gasteiger partial charge is 0.412 e. The molecule has 0 atom stereocenters. The van der Waals surface area contributed by atoms with Gasteiger partial charge in [-0.15, -0.1) is 0 Å². The summed E-state index contributed by atoms with van der Waals surface area (Å²) in [6.45, 7) is 2.26. The highest BCUT2D eigenvalue weighted by atomic mass is 16.5. The Hall–Kier alpha value is -2.82. The third-order valence-electron chi connectivity index (χ3n) is 3.18. The number of aromatic amines is 1. The van der Waals surface area contributed by atoms with Crippen LogP contribution in [0, 0.1) is 6.92 Å². The molecule has 0 bridgehead atoms. The van der Waals surface area contributed by atoms with Crippen molar-refractivity contribution in [3.63, 3.8) is 0 Å². The first-order valence-electron chi connectivity index (χ1n) is 6.64. The average Bonchev–Trinajstić information content (AvgIpc) is 2.90. The molecule has 5 heteroatoms. The van der Waals surface area contributed by atoms with Crippen molar-refractivity contribution in [2.45, 2.75) is 13.5 Å². The van der Waals surface area contributed by atoms with Gasteiger partial charge in [0.05, 0.1) is 5.69 Å². The van der Waals surface area contributed by atoms with Gasteiger partial charge in [0, 0.05) is 17.8 Å². The van der Waals surface area contributed by atoms with Crippen molar-refractivity contribution in [2.24, 2.45) is 0 Å². The predicted molar refractivity (Wildman–Crippen MR) is 81.1 cm³/mol. The number of rotatable bonds is 3. The number of anilines is 1. The summed E-state index contributed by atoms with van der Waals surface area (Å²) < 4.78 is 5.21. The first-order chi connectivity index (χ1) is 10.2. The molecule has 0 saturated heterocycles. The maximum Gasteiger partial charge on any atom is 0.412 e. The molecule has 0 aliphatic heterocycles. The molecular formula is C16H15N3O2. The molecule has 1 amide bonds. The number of benzene rings is 1. The van der Waals surface area contributed by atoms with E-state index in [1.165, 1.54) is 5.56 Å². The summed E-state index contributed by atoms with van der Waals surface area (Å²) in [4.78, 5) is 19.0. The van der Waals surface area contributed by atoms with Gasteiger partial charge >= 0.3 is 6.09 Å². The SMILES string of the molecule is Cc1ccc(COC(=O)Nc2c[nH]c3ncccc23)cc1. The zero-order chi connectivity index (χ0) is 14.7. The Morgan fingerprint density at radius 3 is 2.90 bits per heavy atom. The number of carbonyl (C=O) groups excluding carboxylic acids is 1. The molecule has 0 spiro atoms. The Labute approximate surface area is 122 Å². The van der Waals surface area contributed by atoms with Gasteiger partial charge in [-0.25, -0.2) is 9.78 Å². The van der Waals surface area contributed by atoms with Crippen molar-refractivity contribution in [3.05, 3.63) is 59.9 Å². The maximum atomic E-state index is 11.8. The van der Waals surface area contributed by atoms with Crippen molar-refractivity contribution in [1.82, 2.24) is 9.97 Å². The zero-order valence-electron chi connectivity index (χ0n) is 11.6. The van der Waals surface area contributed by atoms with E-state index in [1.807, 2.05) is 43.3 Å². The van der Waals surface area contributed by atoms with Gasteiger partial charge in [0.15, 0.2) is 0 Å². The van der Waals surface area contributed by atoms with Crippen LogP contribution >= 0.6 is 0 Å². The molecular weight excluding hydrogens is 266 g/mol. The topological polar surface area (TPSA) is 67.0 Å². The van der Waals surface area contributed by atoms with Gasteiger partial charge in [-0.1, -0.05) is 29.8 Å². The quantitative estimate of drug-likeness (QED) is 0.770. The molecule has 2 N–H and O–H groups in total. The van der Waals surface area contributed by atoms with Gasteiger partial charge in [-0.05, 0) is 24.6 Å². The first-order valence-corrected chi connectivity index (χ1v) is 6.64. The standard InChI is InChI=1S/C16H15N3O2/c1-11-4-6-12(7-5-11)10-21-16(20)19-14-9-18-15-13(14)3-2-8-17-15/h2-9H,10H2,1H3,(H,17,18)(H,19,20). The van der Waals surface area contributed by atoms with Crippen molar-refractivity contribution >= 4 is 22.8 Å². The summed E-state index contributed by atoms with van der Waals surface area (Å²) in [5.41, 5.74) is 3.52. The molecule has 2 heterocycles. The Morgan fingerprint density at radius 1 is 1.29 bits per heavy atom. The second kappa shape index (κ2) is 5.66. The lowest BCUT2D eigenvalue weighted by Gasteiger charge is -2.06.